The minimum Gasteiger partial charge on any atom is -0.340 e. The number of carbonyl (C=O) groups excluding carboxylic acids is 1. The molecule has 1 amide bonds. The molecule has 6 nitrogen and oxygen atoms in total. The van der Waals surface area contributed by atoms with Gasteiger partial charge in [0.15, 0.2) is 5.69 Å². The van der Waals surface area contributed by atoms with E-state index < -0.39 is 11.9 Å². The predicted octanol–water partition coefficient (Wildman–Crippen LogP) is 3.24. The van der Waals surface area contributed by atoms with Crippen molar-refractivity contribution < 1.29 is 18.0 Å². The van der Waals surface area contributed by atoms with Gasteiger partial charge in [-0.3, -0.25) is 14.2 Å². The molecule has 25 heavy (non-hydrogen) atoms. The maximum absolute atomic E-state index is 12.7. The van der Waals surface area contributed by atoms with Crippen molar-refractivity contribution in [2.75, 3.05) is 7.05 Å². The van der Waals surface area contributed by atoms with Gasteiger partial charge >= 0.3 is 6.18 Å². The summed E-state index contributed by atoms with van der Waals surface area (Å²) in [5.74, 6) is -0.181. The van der Waals surface area contributed by atoms with Crippen LogP contribution in [0.3, 0.4) is 0 Å². The van der Waals surface area contributed by atoms with E-state index in [0.29, 0.717) is 18.8 Å². The quantitative estimate of drug-likeness (QED) is 0.719. The lowest BCUT2D eigenvalue weighted by atomic mass is 10.3. The summed E-state index contributed by atoms with van der Waals surface area (Å²) >= 11 is 3.40. The maximum Gasteiger partial charge on any atom is 0.435 e. The third-order valence-corrected chi connectivity index (χ3v) is 4.48. The standard InChI is InChI=1S/C15H19BrF3N5O/c1-4-23-12(11(16)8-20-23)9-22(3)14(25)5-6-24-10(2)7-13(21-24)15(17,18)19/h7-8H,4-6,9H2,1-3H3. The zero-order chi connectivity index (χ0) is 18.8. The van der Waals surface area contributed by atoms with E-state index >= 15 is 0 Å². The summed E-state index contributed by atoms with van der Waals surface area (Å²) in [6.07, 6.45) is -2.75. The lowest BCUT2D eigenvalue weighted by Crippen LogP contribution is -2.28. The highest BCUT2D eigenvalue weighted by Gasteiger charge is 2.34. The van der Waals surface area contributed by atoms with Crippen LogP contribution in [0.15, 0.2) is 16.7 Å². The smallest absolute Gasteiger partial charge is 0.340 e. The Hall–Kier alpha value is -1.84. The summed E-state index contributed by atoms with van der Waals surface area (Å²) in [7, 11) is 1.65. The van der Waals surface area contributed by atoms with Gasteiger partial charge in [0, 0.05) is 32.3 Å². The average molecular weight is 422 g/mol. The Balaban J connectivity index is 1.98. The molecule has 0 N–H and O–H groups in total. The zero-order valence-corrected chi connectivity index (χ0v) is 15.7. The molecule has 0 saturated heterocycles. The highest BCUT2D eigenvalue weighted by Crippen LogP contribution is 2.28. The topological polar surface area (TPSA) is 56.0 Å². The molecule has 2 aromatic heterocycles. The van der Waals surface area contributed by atoms with Gasteiger partial charge in [0.2, 0.25) is 5.91 Å². The highest BCUT2D eigenvalue weighted by atomic mass is 79.9. The molecule has 0 radical (unpaired) electrons. The summed E-state index contributed by atoms with van der Waals surface area (Å²) in [5, 5.41) is 7.72. The van der Waals surface area contributed by atoms with Gasteiger partial charge < -0.3 is 4.90 Å². The Bertz CT molecular complexity index is 753. The molecule has 0 aliphatic heterocycles. The fourth-order valence-corrected chi connectivity index (χ4v) is 2.82. The van der Waals surface area contributed by atoms with Crippen LogP contribution in [0.1, 0.15) is 30.4 Å². The van der Waals surface area contributed by atoms with E-state index in [2.05, 4.69) is 26.1 Å². The van der Waals surface area contributed by atoms with Crippen molar-refractivity contribution in [2.24, 2.45) is 0 Å². The molecule has 0 unspecified atom stereocenters. The average Bonchev–Trinajstić information content (AvgIpc) is 3.08. The number of halogens is 4. The van der Waals surface area contributed by atoms with Gasteiger partial charge in [-0.1, -0.05) is 0 Å². The first-order valence-corrected chi connectivity index (χ1v) is 8.48. The monoisotopic (exact) mass is 421 g/mol. The van der Waals surface area contributed by atoms with Gasteiger partial charge in [0.1, 0.15) is 0 Å². The number of carbonyl (C=O) groups is 1. The van der Waals surface area contributed by atoms with Crippen molar-refractivity contribution >= 4 is 21.8 Å². The first-order chi connectivity index (χ1) is 11.6. The van der Waals surface area contributed by atoms with Gasteiger partial charge in [-0.25, -0.2) is 0 Å². The Morgan fingerprint density at radius 2 is 2.04 bits per heavy atom. The molecule has 0 spiro atoms. The van der Waals surface area contributed by atoms with Crippen molar-refractivity contribution in [3.63, 3.8) is 0 Å². The fourth-order valence-electron chi connectivity index (χ4n) is 2.40. The Morgan fingerprint density at radius 3 is 2.60 bits per heavy atom. The molecule has 0 atom stereocenters. The second-order valence-corrected chi connectivity index (χ2v) is 6.50. The van der Waals surface area contributed by atoms with E-state index in [1.54, 1.807) is 17.9 Å². The SMILES string of the molecule is CCn1ncc(Br)c1CN(C)C(=O)CCn1nc(C(F)(F)F)cc1C. The van der Waals surface area contributed by atoms with Crippen LogP contribution in [0.25, 0.3) is 0 Å². The summed E-state index contributed by atoms with van der Waals surface area (Å²) in [4.78, 5) is 13.8. The molecule has 0 bridgehead atoms. The van der Waals surface area contributed by atoms with Crippen LogP contribution in [-0.2, 0) is 30.6 Å². The minimum absolute atomic E-state index is 0.0637. The molecule has 0 aliphatic rings. The molecular weight excluding hydrogens is 403 g/mol. The number of hydrogen-bond acceptors (Lipinski definition) is 3. The van der Waals surface area contributed by atoms with Crippen LogP contribution in [-0.4, -0.2) is 37.4 Å². The summed E-state index contributed by atoms with van der Waals surface area (Å²) in [6.45, 7) is 4.62. The number of alkyl halides is 3. The minimum atomic E-state index is -4.48. The molecule has 2 aromatic rings. The van der Waals surface area contributed by atoms with Crippen LogP contribution in [0, 0.1) is 6.92 Å². The third kappa shape index (κ3) is 4.62. The Kier molecular flexibility index (Phi) is 5.91. The predicted molar refractivity (Wildman–Crippen MR) is 88.7 cm³/mol. The fraction of sp³-hybridized carbons (Fsp3) is 0.533. The number of nitrogens with zero attached hydrogens (tertiary/aromatic N) is 5. The molecule has 2 rings (SSSR count). The third-order valence-electron chi connectivity index (χ3n) is 3.82. The van der Waals surface area contributed by atoms with Crippen LogP contribution in [0.4, 0.5) is 13.2 Å². The van der Waals surface area contributed by atoms with Crippen LogP contribution < -0.4 is 0 Å². The van der Waals surface area contributed by atoms with Gasteiger partial charge in [-0.05, 0) is 35.8 Å². The molecular formula is C15H19BrF3N5O. The lowest BCUT2D eigenvalue weighted by molar-refractivity contribution is -0.141. The van der Waals surface area contributed by atoms with Crippen LogP contribution in [0.2, 0.25) is 0 Å². The van der Waals surface area contributed by atoms with E-state index in [4.69, 9.17) is 0 Å². The van der Waals surface area contributed by atoms with E-state index in [0.717, 1.165) is 16.2 Å². The van der Waals surface area contributed by atoms with Crippen molar-refractivity contribution in [3.05, 3.63) is 33.8 Å². The zero-order valence-electron chi connectivity index (χ0n) is 14.1. The largest absolute Gasteiger partial charge is 0.435 e. The van der Waals surface area contributed by atoms with E-state index in [1.165, 1.54) is 16.5 Å². The molecule has 138 valence electrons. The summed E-state index contributed by atoms with van der Waals surface area (Å²) in [5.41, 5.74) is 0.296. The van der Waals surface area contributed by atoms with Gasteiger partial charge in [0.25, 0.3) is 0 Å². The molecule has 0 aromatic carbocycles. The Labute approximate surface area is 151 Å². The van der Waals surface area contributed by atoms with E-state index in [1.807, 2.05) is 6.92 Å². The van der Waals surface area contributed by atoms with E-state index in [-0.39, 0.29) is 18.9 Å². The number of amides is 1. The first-order valence-electron chi connectivity index (χ1n) is 7.69. The van der Waals surface area contributed by atoms with Crippen LogP contribution >= 0.6 is 15.9 Å². The van der Waals surface area contributed by atoms with Gasteiger partial charge in [-0.15, -0.1) is 0 Å². The van der Waals surface area contributed by atoms with Gasteiger partial charge in [0.05, 0.1) is 22.9 Å². The second kappa shape index (κ2) is 7.59. The number of hydrogen-bond donors (Lipinski definition) is 0. The van der Waals surface area contributed by atoms with Crippen molar-refractivity contribution in [3.8, 4) is 0 Å². The number of rotatable bonds is 6. The Morgan fingerprint density at radius 1 is 1.36 bits per heavy atom. The van der Waals surface area contributed by atoms with Crippen molar-refractivity contribution in [2.45, 2.75) is 46.1 Å². The van der Waals surface area contributed by atoms with E-state index in [9.17, 15) is 18.0 Å². The van der Waals surface area contributed by atoms with Crippen LogP contribution in [0.5, 0.6) is 0 Å². The normalized spacial score (nSPS) is 11.8. The molecule has 2 heterocycles. The van der Waals surface area contributed by atoms with Crippen molar-refractivity contribution in [1.29, 1.82) is 0 Å². The molecule has 0 aliphatic carbocycles. The maximum atomic E-state index is 12.7. The lowest BCUT2D eigenvalue weighted by Gasteiger charge is -2.18. The molecule has 10 heteroatoms. The summed E-state index contributed by atoms with van der Waals surface area (Å²) in [6, 6.07) is 0.977. The summed E-state index contributed by atoms with van der Waals surface area (Å²) < 4.78 is 41.8. The number of aromatic nitrogens is 4. The first kappa shape index (κ1) is 19.5. The van der Waals surface area contributed by atoms with Crippen molar-refractivity contribution in [1.82, 2.24) is 24.5 Å². The number of aryl methyl sites for hydroxylation is 3. The van der Waals surface area contributed by atoms with Gasteiger partial charge in [-0.2, -0.15) is 23.4 Å². The highest BCUT2D eigenvalue weighted by molar-refractivity contribution is 9.10. The second-order valence-electron chi connectivity index (χ2n) is 5.65. The molecule has 0 fully saturated rings. The molecule has 0 saturated carbocycles.